The SMILES string of the molecule is O=C(O)NCC#CN1C=C(Nc2ccc(OCc3cccc(F)c3)c(Cl)c2)c2ccsc2C1. The van der Waals surface area contributed by atoms with Crippen LogP contribution in [0.5, 0.6) is 5.75 Å². The molecular weight excluding hydrogens is 465 g/mol. The topological polar surface area (TPSA) is 73.8 Å². The summed E-state index contributed by atoms with van der Waals surface area (Å²) >= 11 is 8.04. The lowest BCUT2D eigenvalue weighted by Crippen LogP contribution is -2.22. The summed E-state index contributed by atoms with van der Waals surface area (Å²) in [7, 11) is 0. The van der Waals surface area contributed by atoms with E-state index in [4.69, 9.17) is 21.4 Å². The molecule has 0 radical (unpaired) electrons. The van der Waals surface area contributed by atoms with E-state index in [0.29, 0.717) is 22.9 Å². The van der Waals surface area contributed by atoms with Gasteiger partial charge in [0.15, 0.2) is 0 Å². The number of carbonyl (C=O) groups is 1. The molecular formula is C24H19ClFN3O3S. The third kappa shape index (κ3) is 5.98. The third-order valence-electron chi connectivity index (χ3n) is 4.68. The summed E-state index contributed by atoms with van der Waals surface area (Å²) in [5.41, 5.74) is 3.40. The Morgan fingerprint density at radius 2 is 2.15 bits per heavy atom. The number of hydrogen-bond donors (Lipinski definition) is 3. The van der Waals surface area contributed by atoms with Crippen LogP contribution in [0, 0.1) is 17.8 Å². The molecule has 3 N–H and O–H groups in total. The molecule has 0 unspecified atom stereocenters. The van der Waals surface area contributed by atoms with Crippen molar-refractivity contribution in [3.05, 3.63) is 87.0 Å². The Morgan fingerprint density at radius 1 is 1.27 bits per heavy atom. The molecule has 2 aromatic carbocycles. The second kappa shape index (κ2) is 10.3. The number of rotatable bonds is 6. The molecule has 0 fully saturated rings. The zero-order chi connectivity index (χ0) is 23.2. The van der Waals surface area contributed by atoms with Gasteiger partial charge in [-0.3, -0.25) is 0 Å². The zero-order valence-electron chi connectivity index (χ0n) is 17.3. The number of halogens is 2. The number of anilines is 1. The van der Waals surface area contributed by atoms with Crippen molar-refractivity contribution in [3.8, 4) is 17.7 Å². The monoisotopic (exact) mass is 483 g/mol. The van der Waals surface area contributed by atoms with Crippen LogP contribution in [0.1, 0.15) is 16.0 Å². The van der Waals surface area contributed by atoms with Crippen molar-refractivity contribution in [1.29, 1.82) is 0 Å². The molecule has 168 valence electrons. The average Bonchev–Trinajstić information content (AvgIpc) is 3.25. The smallest absolute Gasteiger partial charge is 0.405 e. The van der Waals surface area contributed by atoms with Crippen molar-refractivity contribution in [1.82, 2.24) is 10.2 Å². The van der Waals surface area contributed by atoms with Crippen LogP contribution in [0.3, 0.4) is 0 Å². The van der Waals surface area contributed by atoms with Crippen molar-refractivity contribution in [2.45, 2.75) is 13.2 Å². The van der Waals surface area contributed by atoms with E-state index in [0.717, 1.165) is 21.8 Å². The van der Waals surface area contributed by atoms with Gasteiger partial charge >= 0.3 is 6.09 Å². The van der Waals surface area contributed by atoms with Crippen LogP contribution in [-0.2, 0) is 13.2 Å². The van der Waals surface area contributed by atoms with Crippen LogP contribution in [-0.4, -0.2) is 22.6 Å². The summed E-state index contributed by atoms with van der Waals surface area (Å²) in [5, 5.41) is 16.7. The van der Waals surface area contributed by atoms with Gasteiger partial charge in [-0.05, 0) is 47.3 Å². The summed E-state index contributed by atoms with van der Waals surface area (Å²) in [6, 6.07) is 16.6. The highest BCUT2D eigenvalue weighted by Gasteiger charge is 2.18. The van der Waals surface area contributed by atoms with Gasteiger partial charge in [0, 0.05) is 28.4 Å². The van der Waals surface area contributed by atoms with Crippen molar-refractivity contribution in [2.75, 3.05) is 11.9 Å². The number of amides is 1. The number of carboxylic acid groups (broad SMARTS) is 1. The third-order valence-corrected chi connectivity index (χ3v) is 5.88. The molecule has 33 heavy (non-hydrogen) atoms. The van der Waals surface area contributed by atoms with Crippen LogP contribution in [0.15, 0.2) is 60.1 Å². The minimum atomic E-state index is -1.11. The van der Waals surface area contributed by atoms with Gasteiger partial charge in [-0.15, -0.1) is 11.3 Å². The Bertz CT molecular complexity index is 1270. The first kappa shape index (κ1) is 22.5. The lowest BCUT2D eigenvalue weighted by molar-refractivity contribution is 0.196. The summed E-state index contributed by atoms with van der Waals surface area (Å²) in [4.78, 5) is 13.5. The number of ether oxygens (including phenoxy) is 1. The van der Waals surface area contributed by atoms with Crippen molar-refractivity contribution in [3.63, 3.8) is 0 Å². The van der Waals surface area contributed by atoms with Crippen LogP contribution in [0.25, 0.3) is 5.70 Å². The summed E-state index contributed by atoms with van der Waals surface area (Å²) in [6.07, 6.45) is 0.770. The highest BCUT2D eigenvalue weighted by atomic mass is 35.5. The Balaban J connectivity index is 1.46. The van der Waals surface area contributed by atoms with E-state index < -0.39 is 6.09 Å². The molecule has 0 saturated heterocycles. The number of hydrogen-bond acceptors (Lipinski definition) is 5. The molecule has 0 spiro atoms. The fraction of sp³-hybridized carbons (Fsp3) is 0.125. The van der Waals surface area contributed by atoms with E-state index in [-0.39, 0.29) is 19.0 Å². The predicted molar refractivity (Wildman–Crippen MR) is 127 cm³/mol. The molecule has 9 heteroatoms. The number of nitrogens with one attached hydrogen (secondary N) is 2. The Hall–Kier alpha value is -3.67. The van der Waals surface area contributed by atoms with Gasteiger partial charge in [-0.1, -0.05) is 29.7 Å². The van der Waals surface area contributed by atoms with Gasteiger partial charge < -0.3 is 25.4 Å². The van der Waals surface area contributed by atoms with Crippen molar-refractivity contribution >= 4 is 40.4 Å². The lowest BCUT2D eigenvalue weighted by Gasteiger charge is -2.23. The second-order valence-electron chi connectivity index (χ2n) is 7.06. The number of fused-ring (bicyclic) bond motifs is 1. The summed E-state index contributed by atoms with van der Waals surface area (Å²) in [6.45, 7) is 0.871. The highest BCUT2D eigenvalue weighted by molar-refractivity contribution is 7.10. The van der Waals surface area contributed by atoms with E-state index in [1.54, 1.807) is 35.6 Å². The van der Waals surface area contributed by atoms with Gasteiger partial charge in [-0.25, -0.2) is 9.18 Å². The molecule has 1 aliphatic rings. The number of benzene rings is 2. The van der Waals surface area contributed by atoms with E-state index >= 15 is 0 Å². The average molecular weight is 484 g/mol. The van der Waals surface area contributed by atoms with Crippen LogP contribution >= 0.6 is 22.9 Å². The Kier molecular flexibility index (Phi) is 7.03. The predicted octanol–water partition coefficient (Wildman–Crippen LogP) is 5.57. The molecule has 1 amide bonds. The second-order valence-corrected chi connectivity index (χ2v) is 8.47. The van der Waals surface area contributed by atoms with Gasteiger partial charge in [0.1, 0.15) is 18.2 Å². The summed E-state index contributed by atoms with van der Waals surface area (Å²) in [5.74, 6) is 2.98. The van der Waals surface area contributed by atoms with Crippen molar-refractivity contribution < 1.29 is 19.0 Å². The van der Waals surface area contributed by atoms with E-state index in [9.17, 15) is 9.18 Å². The maximum atomic E-state index is 13.3. The summed E-state index contributed by atoms with van der Waals surface area (Å²) < 4.78 is 19.1. The molecule has 0 atom stereocenters. The minimum absolute atomic E-state index is 0.0480. The van der Waals surface area contributed by atoms with Crippen LogP contribution in [0.2, 0.25) is 5.02 Å². The van der Waals surface area contributed by atoms with E-state index in [2.05, 4.69) is 22.6 Å². The van der Waals surface area contributed by atoms with Gasteiger partial charge in [-0.2, -0.15) is 0 Å². The molecule has 1 aliphatic heterocycles. The zero-order valence-corrected chi connectivity index (χ0v) is 18.8. The lowest BCUT2D eigenvalue weighted by atomic mass is 10.1. The fourth-order valence-electron chi connectivity index (χ4n) is 3.20. The van der Waals surface area contributed by atoms with Gasteiger partial charge in [0.2, 0.25) is 0 Å². The van der Waals surface area contributed by atoms with Crippen molar-refractivity contribution in [2.24, 2.45) is 0 Å². The van der Waals surface area contributed by atoms with Gasteiger partial charge in [0.25, 0.3) is 0 Å². The Morgan fingerprint density at radius 3 is 2.94 bits per heavy atom. The first-order valence-corrected chi connectivity index (χ1v) is 11.2. The number of thiophene rings is 1. The van der Waals surface area contributed by atoms with Crippen LogP contribution in [0.4, 0.5) is 14.9 Å². The van der Waals surface area contributed by atoms with E-state index in [1.165, 1.54) is 12.1 Å². The highest BCUT2D eigenvalue weighted by Crippen LogP contribution is 2.34. The molecule has 1 aromatic heterocycles. The first-order chi connectivity index (χ1) is 16.0. The molecule has 6 nitrogen and oxygen atoms in total. The van der Waals surface area contributed by atoms with Crippen LogP contribution < -0.4 is 15.4 Å². The Labute approximate surface area is 199 Å². The van der Waals surface area contributed by atoms with E-state index in [1.807, 2.05) is 28.6 Å². The molecule has 0 saturated carbocycles. The minimum Gasteiger partial charge on any atom is -0.487 e. The maximum Gasteiger partial charge on any atom is 0.405 e. The fourth-order valence-corrected chi connectivity index (χ4v) is 4.32. The molecule has 0 aliphatic carbocycles. The van der Waals surface area contributed by atoms with Gasteiger partial charge in [0.05, 0.1) is 23.8 Å². The number of nitrogens with zero attached hydrogens (tertiary/aromatic N) is 1. The molecule has 3 aromatic rings. The largest absolute Gasteiger partial charge is 0.487 e. The first-order valence-electron chi connectivity index (χ1n) is 9.92. The molecule has 2 heterocycles. The standard InChI is InChI=1S/C24H19ClFN3O3S/c25-20-12-18(5-6-22(20)32-15-16-3-1-4-17(26)11-16)28-21-13-29(9-2-8-27-24(30)31)14-23-19(21)7-10-33-23/h1,3-7,10-13,27-28H,8,14-15H2,(H,30,31). The maximum absolute atomic E-state index is 13.3. The normalized spacial score (nSPS) is 12.2. The molecule has 4 rings (SSSR count). The quantitative estimate of drug-likeness (QED) is 0.399. The molecule has 0 bridgehead atoms.